The van der Waals surface area contributed by atoms with Crippen LogP contribution in [0.25, 0.3) is 16.6 Å². The first-order chi connectivity index (χ1) is 28.2. The second-order valence-electron chi connectivity index (χ2n) is 16.5. The van der Waals surface area contributed by atoms with Crippen molar-refractivity contribution in [1.82, 2.24) is 14.3 Å². The van der Waals surface area contributed by atoms with Crippen LogP contribution in [-0.4, -0.2) is 73.0 Å². The van der Waals surface area contributed by atoms with Crippen LogP contribution in [0.15, 0.2) is 66.9 Å². The van der Waals surface area contributed by atoms with Crippen LogP contribution in [0.3, 0.4) is 0 Å². The van der Waals surface area contributed by atoms with E-state index in [0.29, 0.717) is 15.0 Å². The molecule has 0 atom stereocenters. The Labute approximate surface area is 347 Å². The molecule has 0 aliphatic heterocycles. The lowest BCUT2D eigenvalue weighted by molar-refractivity contribution is -0.0493. The average Bonchev–Trinajstić information content (AvgIpc) is 3.68. The molecule has 19 heteroatoms. The van der Waals surface area contributed by atoms with Crippen LogP contribution in [0.4, 0.5) is 43.9 Å². The summed E-state index contributed by atoms with van der Waals surface area (Å²) in [6.07, 6.45) is -4.44. The topological polar surface area (TPSA) is 190 Å². The van der Waals surface area contributed by atoms with Crippen molar-refractivity contribution in [1.29, 1.82) is 0 Å². The van der Waals surface area contributed by atoms with Gasteiger partial charge in [0.25, 0.3) is 0 Å². The van der Waals surface area contributed by atoms with Gasteiger partial charge in [-0.25, -0.2) is 32.8 Å². The Hall–Kier alpha value is -7.05. The average molecular weight is 852 g/mol. The highest BCUT2D eigenvalue weighted by molar-refractivity contribution is 6.19. The van der Waals surface area contributed by atoms with Crippen LogP contribution in [0.2, 0.25) is 0 Å². The Morgan fingerprint density at radius 1 is 0.803 bits per heavy atom. The Bertz CT molecular complexity index is 2500. The summed E-state index contributed by atoms with van der Waals surface area (Å²) in [5.41, 5.74) is -4.70. The van der Waals surface area contributed by atoms with Gasteiger partial charge in [0, 0.05) is 5.39 Å². The zero-order chi connectivity index (χ0) is 45.4. The minimum Gasteiger partial charge on any atom is -0.464 e. The number of nitrogens with one attached hydrogen (secondary N) is 1. The number of benzene rings is 3. The molecule has 0 radical (unpaired) electrons. The summed E-state index contributed by atoms with van der Waals surface area (Å²) >= 11 is 0. The van der Waals surface area contributed by atoms with E-state index in [4.69, 9.17) is 18.9 Å². The summed E-state index contributed by atoms with van der Waals surface area (Å²) in [5.74, 6) is -2.78. The Morgan fingerprint density at radius 2 is 1.41 bits per heavy atom. The third-order valence-electron chi connectivity index (χ3n) is 7.99. The number of rotatable bonds is 9. The van der Waals surface area contributed by atoms with Crippen molar-refractivity contribution in [2.75, 3.05) is 10.2 Å². The maximum absolute atomic E-state index is 14.8. The second-order valence-corrected chi connectivity index (χ2v) is 16.5. The lowest BCUT2D eigenvalue weighted by Gasteiger charge is -2.29. The molecule has 0 fully saturated rings. The molecule has 5 aromatic rings. The van der Waals surface area contributed by atoms with Crippen LogP contribution in [0.1, 0.15) is 83.9 Å². The molecule has 0 saturated heterocycles. The van der Waals surface area contributed by atoms with Gasteiger partial charge in [-0.2, -0.15) is 18.8 Å². The number of aromatic nitrogens is 3. The van der Waals surface area contributed by atoms with Gasteiger partial charge in [-0.05, 0) is 123 Å². The first-order valence-electron chi connectivity index (χ1n) is 18.5. The van der Waals surface area contributed by atoms with Crippen molar-refractivity contribution in [3.63, 3.8) is 0 Å². The number of aryl methyl sites for hydroxylation is 1. The summed E-state index contributed by atoms with van der Waals surface area (Å²) in [4.78, 5) is 69.1. The van der Waals surface area contributed by atoms with Crippen molar-refractivity contribution >= 4 is 52.6 Å². The molecule has 3 aromatic carbocycles. The zero-order valence-corrected chi connectivity index (χ0v) is 34.9. The summed E-state index contributed by atoms with van der Waals surface area (Å²) in [5, 5.41) is 17.0. The van der Waals surface area contributed by atoms with E-state index in [0.717, 1.165) is 29.1 Å². The quantitative estimate of drug-likeness (QED) is 0.106. The predicted molar refractivity (Wildman–Crippen MR) is 215 cm³/mol. The molecule has 5 rings (SSSR count). The number of halogens is 3. The lowest BCUT2D eigenvalue weighted by Crippen LogP contribution is -2.45. The van der Waals surface area contributed by atoms with Gasteiger partial charge in [-0.1, -0.05) is 12.1 Å². The normalized spacial score (nSPS) is 11.9. The van der Waals surface area contributed by atoms with Gasteiger partial charge in [0.1, 0.15) is 34.0 Å². The number of nitrogens with zero attached hydrogens (tertiary/aromatic N) is 4. The molecule has 0 aliphatic rings. The standard InChI is InChI=1S/C42H44F3N5O11/c1-22-17-24(57-31-14-12-11-13-26(31)43)15-16-28(22)50-34(49(38(55)60-41(5,6)7)39(56)61-42(8,9)10)25(21-46-50)33(51)30-18-23-19-32(58-35(44)45)27(20-29(23)48(30)37(53)54)47-36(52)59-40(2,3)4/h11-21,35H,1-10H3,(H,47,52)(H,53,54). The molecule has 61 heavy (non-hydrogen) atoms. The van der Waals surface area contributed by atoms with E-state index in [9.17, 15) is 42.3 Å². The lowest BCUT2D eigenvalue weighted by atomic mass is 10.1. The van der Waals surface area contributed by atoms with Gasteiger partial charge in [0.15, 0.2) is 17.4 Å². The fourth-order valence-corrected chi connectivity index (χ4v) is 5.79. The van der Waals surface area contributed by atoms with Crippen molar-refractivity contribution in [3.8, 4) is 22.9 Å². The van der Waals surface area contributed by atoms with Crippen LogP contribution >= 0.6 is 0 Å². The smallest absolute Gasteiger partial charge is 0.425 e. The van der Waals surface area contributed by atoms with Gasteiger partial charge < -0.3 is 28.8 Å². The fraction of sp³-hybridized carbons (Fsp3) is 0.333. The third kappa shape index (κ3) is 10.8. The molecule has 16 nitrogen and oxygen atoms in total. The first kappa shape index (κ1) is 45.0. The SMILES string of the molecule is Cc1cc(Oc2ccccc2F)ccc1-n1ncc(C(=O)c2cc3cc(OC(F)F)c(NC(=O)OC(C)(C)C)cc3n2C(=O)O)c1N(C(=O)OC(C)(C)C)C(=O)OC(C)(C)C. The van der Waals surface area contributed by atoms with E-state index >= 15 is 0 Å². The molecule has 324 valence electrons. The Kier molecular flexibility index (Phi) is 12.5. The van der Waals surface area contributed by atoms with Crippen molar-refractivity contribution in [2.24, 2.45) is 0 Å². The molecule has 3 amide bonds. The van der Waals surface area contributed by atoms with E-state index in [-0.39, 0.29) is 28.1 Å². The van der Waals surface area contributed by atoms with Crippen LogP contribution in [0.5, 0.6) is 17.2 Å². The number of ether oxygens (including phenoxy) is 5. The van der Waals surface area contributed by atoms with Gasteiger partial charge in [0.05, 0.1) is 28.7 Å². The van der Waals surface area contributed by atoms with Crippen molar-refractivity contribution in [3.05, 3.63) is 89.5 Å². The number of para-hydroxylation sites is 1. The number of carbonyl (C=O) groups is 5. The number of imide groups is 1. The molecule has 0 unspecified atom stereocenters. The summed E-state index contributed by atoms with van der Waals surface area (Å²) < 4.78 is 70.0. The number of anilines is 2. The number of amides is 3. The van der Waals surface area contributed by atoms with E-state index in [1.54, 1.807) is 33.8 Å². The molecular formula is C42H44F3N5O11. The number of hydrogen-bond acceptors (Lipinski definition) is 11. The predicted octanol–water partition coefficient (Wildman–Crippen LogP) is 10.4. The highest BCUT2D eigenvalue weighted by Crippen LogP contribution is 2.37. The Balaban J connectivity index is 1.75. The summed E-state index contributed by atoms with van der Waals surface area (Å²) in [6, 6.07) is 13.1. The third-order valence-corrected chi connectivity index (χ3v) is 7.99. The summed E-state index contributed by atoms with van der Waals surface area (Å²) in [6.45, 7) is 12.1. The number of fused-ring (bicyclic) bond motifs is 1. The maximum atomic E-state index is 14.8. The van der Waals surface area contributed by atoms with E-state index in [1.165, 1.54) is 77.9 Å². The second kappa shape index (κ2) is 16.9. The number of alkyl halides is 2. The molecular weight excluding hydrogens is 807 g/mol. The Morgan fingerprint density at radius 3 is 1.95 bits per heavy atom. The van der Waals surface area contributed by atoms with Gasteiger partial charge in [0.2, 0.25) is 5.78 Å². The van der Waals surface area contributed by atoms with E-state index in [2.05, 4.69) is 15.2 Å². The van der Waals surface area contributed by atoms with Crippen LogP contribution in [0, 0.1) is 12.7 Å². The molecule has 0 aliphatic carbocycles. The van der Waals surface area contributed by atoms with Crippen LogP contribution < -0.4 is 19.7 Å². The molecule has 0 bridgehead atoms. The minimum atomic E-state index is -3.39. The molecule has 0 spiro atoms. The van der Waals surface area contributed by atoms with Gasteiger partial charge in [-0.15, -0.1) is 0 Å². The molecule has 0 saturated carbocycles. The van der Waals surface area contributed by atoms with Gasteiger partial charge in [-0.3, -0.25) is 10.1 Å². The molecule has 2 heterocycles. The monoisotopic (exact) mass is 851 g/mol. The van der Waals surface area contributed by atoms with Crippen LogP contribution in [-0.2, 0) is 14.2 Å². The van der Waals surface area contributed by atoms with Gasteiger partial charge >= 0.3 is 31.0 Å². The number of carboxylic acid groups (broad SMARTS) is 1. The van der Waals surface area contributed by atoms with E-state index in [1.807, 2.05) is 0 Å². The van der Waals surface area contributed by atoms with Crippen molar-refractivity contribution < 1.29 is 65.9 Å². The highest BCUT2D eigenvalue weighted by Gasteiger charge is 2.40. The molecule has 2 aromatic heterocycles. The highest BCUT2D eigenvalue weighted by atomic mass is 19.3. The molecule has 2 N–H and O–H groups in total. The number of carbonyl (C=O) groups excluding carboxylic acids is 4. The number of ketones is 1. The maximum Gasteiger partial charge on any atom is 0.425 e. The fourth-order valence-electron chi connectivity index (χ4n) is 5.79. The minimum absolute atomic E-state index is 0.0715. The number of hydrogen-bond donors (Lipinski definition) is 2. The first-order valence-corrected chi connectivity index (χ1v) is 18.5. The summed E-state index contributed by atoms with van der Waals surface area (Å²) in [7, 11) is 0. The largest absolute Gasteiger partial charge is 0.464 e. The zero-order valence-electron chi connectivity index (χ0n) is 34.9. The van der Waals surface area contributed by atoms with Crippen molar-refractivity contribution in [2.45, 2.75) is 92.7 Å². The van der Waals surface area contributed by atoms with E-state index < -0.39 is 87.9 Å².